The van der Waals surface area contributed by atoms with Crippen LogP contribution in [0.15, 0.2) is 24.3 Å². The molecule has 0 aliphatic carbocycles. The molecule has 0 amide bonds. The summed E-state index contributed by atoms with van der Waals surface area (Å²) in [6, 6.07) is 6.73. The van der Waals surface area contributed by atoms with Gasteiger partial charge in [-0.3, -0.25) is 0 Å². The lowest BCUT2D eigenvalue weighted by atomic mass is 9.90. The Morgan fingerprint density at radius 2 is 2.00 bits per heavy atom. The summed E-state index contributed by atoms with van der Waals surface area (Å²) < 4.78 is 5.27. The molecule has 1 aliphatic heterocycles. The maximum absolute atomic E-state index is 11.1. The zero-order valence-electron chi connectivity index (χ0n) is 10.1. The summed E-state index contributed by atoms with van der Waals surface area (Å²) in [4.78, 5) is 11.1. The number of para-hydroxylation sites is 1. The molecule has 98 valence electrons. The van der Waals surface area contributed by atoms with Crippen LogP contribution in [0.4, 0.5) is 5.69 Å². The zero-order valence-corrected chi connectivity index (χ0v) is 10.1. The van der Waals surface area contributed by atoms with Crippen LogP contribution in [0.25, 0.3) is 0 Å². The van der Waals surface area contributed by atoms with Gasteiger partial charge >= 0.3 is 5.97 Å². The van der Waals surface area contributed by atoms with Crippen molar-refractivity contribution in [2.45, 2.75) is 18.4 Å². The molecule has 0 unspecified atom stereocenters. The van der Waals surface area contributed by atoms with Gasteiger partial charge < -0.3 is 20.3 Å². The third kappa shape index (κ3) is 2.63. The number of nitrogens with one attached hydrogen (secondary N) is 1. The number of aromatic carboxylic acids is 1. The van der Waals surface area contributed by atoms with Crippen LogP contribution >= 0.6 is 0 Å². The molecule has 1 aromatic carbocycles. The minimum Gasteiger partial charge on any atom is -0.478 e. The number of hydrogen-bond donors (Lipinski definition) is 3. The normalized spacial score (nSPS) is 18.3. The Morgan fingerprint density at radius 3 is 2.61 bits per heavy atom. The van der Waals surface area contributed by atoms with E-state index >= 15 is 0 Å². The Bertz CT molecular complexity index is 427. The van der Waals surface area contributed by atoms with Crippen LogP contribution in [-0.4, -0.2) is 41.5 Å². The maximum Gasteiger partial charge on any atom is 0.337 e. The predicted molar refractivity (Wildman–Crippen MR) is 66.9 cm³/mol. The van der Waals surface area contributed by atoms with Crippen LogP contribution in [0, 0.1) is 0 Å². The van der Waals surface area contributed by atoms with Crippen LogP contribution < -0.4 is 5.32 Å². The van der Waals surface area contributed by atoms with Crippen molar-refractivity contribution in [3.8, 4) is 0 Å². The fourth-order valence-corrected chi connectivity index (χ4v) is 2.15. The van der Waals surface area contributed by atoms with Gasteiger partial charge in [-0.1, -0.05) is 12.1 Å². The van der Waals surface area contributed by atoms with E-state index in [1.807, 2.05) is 0 Å². The van der Waals surface area contributed by atoms with Crippen molar-refractivity contribution in [1.82, 2.24) is 0 Å². The predicted octanol–water partition coefficient (Wildman–Crippen LogP) is 1.34. The van der Waals surface area contributed by atoms with Gasteiger partial charge in [-0.2, -0.15) is 0 Å². The first-order chi connectivity index (χ1) is 8.67. The summed E-state index contributed by atoms with van der Waals surface area (Å²) in [6.07, 6.45) is 1.33. The Balaban J connectivity index is 2.24. The lowest BCUT2D eigenvalue weighted by Crippen LogP contribution is -2.47. The molecule has 0 aromatic heterocycles. The summed E-state index contributed by atoms with van der Waals surface area (Å²) in [5, 5.41) is 21.9. The standard InChI is InChI=1S/C13H17NO4/c15-9-13(5-7-18-8-6-13)14-11-4-2-1-3-10(11)12(16)17/h1-4,14-15H,5-9H2,(H,16,17). The molecule has 5 nitrogen and oxygen atoms in total. The van der Waals surface area contributed by atoms with Gasteiger partial charge in [0.05, 0.1) is 17.7 Å². The monoisotopic (exact) mass is 251 g/mol. The van der Waals surface area contributed by atoms with Gasteiger partial charge in [0.2, 0.25) is 0 Å². The fraction of sp³-hybridized carbons (Fsp3) is 0.462. The van der Waals surface area contributed by atoms with Crippen molar-refractivity contribution in [1.29, 1.82) is 0 Å². The second-order valence-corrected chi connectivity index (χ2v) is 4.53. The first-order valence-corrected chi connectivity index (χ1v) is 5.96. The van der Waals surface area contributed by atoms with Crippen molar-refractivity contribution in [2.75, 3.05) is 25.1 Å². The number of ether oxygens (including phenoxy) is 1. The summed E-state index contributed by atoms with van der Waals surface area (Å²) in [5.41, 5.74) is 0.279. The lowest BCUT2D eigenvalue weighted by Gasteiger charge is -2.37. The average Bonchev–Trinajstić information content (AvgIpc) is 2.40. The first-order valence-electron chi connectivity index (χ1n) is 5.96. The topological polar surface area (TPSA) is 78.8 Å². The zero-order chi connectivity index (χ0) is 13.0. The van der Waals surface area contributed by atoms with E-state index in [4.69, 9.17) is 9.84 Å². The first kappa shape index (κ1) is 12.9. The van der Waals surface area contributed by atoms with E-state index in [9.17, 15) is 9.90 Å². The molecule has 1 aliphatic rings. The van der Waals surface area contributed by atoms with E-state index in [1.54, 1.807) is 24.3 Å². The molecule has 1 saturated heterocycles. The molecule has 18 heavy (non-hydrogen) atoms. The van der Waals surface area contributed by atoms with Gasteiger partial charge in [0.1, 0.15) is 0 Å². The van der Waals surface area contributed by atoms with E-state index in [0.29, 0.717) is 31.7 Å². The fourth-order valence-electron chi connectivity index (χ4n) is 2.15. The van der Waals surface area contributed by atoms with Crippen molar-refractivity contribution in [3.63, 3.8) is 0 Å². The van der Waals surface area contributed by atoms with Crippen molar-refractivity contribution in [2.24, 2.45) is 0 Å². The van der Waals surface area contributed by atoms with Crippen molar-refractivity contribution < 1.29 is 19.7 Å². The Kier molecular flexibility index (Phi) is 3.84. The molecule has 5 heteroatoms. The maximum atomic E-state index is 11.1. The highest BCUT2D eigenvalue weighted by Gasteiger charge is 2.32. The van der Waals surface area contributed by atoms with Gasteiger partial charge in [-0.05, 0) is 25.0 Å². The molecule has 0 atom stereocenters. The number of carboxylic acid groups (broad SMARTS) is 1. The Hall–Kier alpha value is -1.59. The molecule has 1 heterocycles. The number of aliphatic hydroxyl groups is 1. The van der Waals surface area contributed by atoms with E-state index < -0.39 is 11.5 Å². The van der Waals surface area contributed by atoms with E-state index in [-0.39, 0.29) is 12.2 Å². The highest BCUT2D eigenvalue weighted by atomic mass is 16.5. The third-order valence-electron chi connectivity index (χ3n) is 3.31. The Morgan fingerprint density at radius 1 is 1.33 bits per heavy atom. The van der Waals surface area contributed by atoms with Crippen LogP contribution in [0.2, 0.25) is 0 Å². The summed E-state index contributed by atoms with van der Waals surface area (Å²) in [6.45, 7) is 1.11. The number of benzene rings is 1. The number of carboxylic acids is 1. The highest BCUT2D eigenvalue weighted by molar-refractivity contribution is 5.94. The molecule has 1 aromatic rings. The third-order valence-corrected chi connectivity index (χ3v) is 3.31. The van der Waals surface area contributed by atoms with Gasteiger partial charge in [-0.15, -0.1) is 0 Å². The van der Waals surface area contributed by atoms with Gasteiger partial charge in [-0.25, -0.2) is 4.79 Å². The molecule has 0 saturated carbocycles. The van der Waals surface area contributed by atoms with E-state index in [2.05, 4.69) is 5.32 Å². The smallest absolute Gasteiger partial charge is 0.337 e. The van der Waals surface area contributed by atoms with Gasteiger partial charge in [0, 0.05) is 18.9 Å². The number of hydrogen-bond acceptors (Lipinski definition) is 4. The summed E-state index contributed by atoms with van der Waals surface area (Å²) in [5.74, 6) is -0.974. The number of carbonyl (C=O) groups is 1. The number of rotatable bonds is 4. The van der Waals surface area contributed by atoms with Crippen LogP contribution in [0.1, 0.15) is 23.2 Å². The lowest BCUT2D eigenvalue weighted by molar-refractivity contribution is 0.0379. The molecular weight excluding hydrogens is 234 g/mol. The van der Waals surface area contributed by atoms with Crippen molar-refractivity contribution >= 4 is 11.7 Å². The minimum atomic E-state index is -0.974. The van der Waals surface area contributed by atoms with Crippen LogP contribution in [0.5, 0.6) is 0 Å². The van der Waals surface area contributed by atoms with Crippen LogP contribution in [0.3, 0.4) is 0 Å². The summed E-state index contributed by atoms with van der Waals surface area (Å²) in [7, 11) is 0. The molecular formula is C13H17NO4. The minimum absolute atomic E-state index is 0.0374. The molecule has 0 spiro atoms. The highest BCUT2D eigenvalue weighted by Crippen LogP contribution is 2.27. The van der Waals surface area contributed by atoms with Gasteiger partial charge in [0.25, 0.3) is 0 Å². The largest absolute Gasteiger partial charge is 0.478 e. The van der Waals surface area contributed by atoms with Crippen molar-refractivity contribution in [3.05, 3.63) is 29.8 Å². The van der Waals surface area contributed by atoms with E-state index in [1.165, 1.54) is 0 Å². The molecule has 0 radical (unpaired) electrons. The molecule has 1 fully saturated rings. The molecule has 0 bridgehead atoms. The summed E-state index contributed by atoms with van der Waals surface area (Å²) >= 11 is 0. The second-order valence-electron chi connectivity index (χ2n) is 4.53. The van der Waals surface area contributed by atoms with Gasteiger partial charge in [0.15, 0.2) is 0 Å². The average molecular weight is 251 g/mol. The quantitative estimate of drug-likeness (QED) is 0.752. The second kappa shape index (κ2) is 5.37. The SMILES string of the molecule is O=C(O)c1ccccc1NC1(CO)CCOCC1. The van der Waals surface area contributed by atoms with E-state index in [0.717, 1.165) is 0 Å². The number of anilines is 1. The molecule has 2 rings (SSSR count). The Labute approximate surface area is 105 Å². The van der Waals surface area contributed by atoms with Crippen LogP contribution in [-0.2, 0) is 4.74 Å². The molecule has 3 N–H and O–H groups in total. The number of aliphatic hydroxyl groups excluding tert-OH is 1.